The van der Waals surface area contributed by atoms with Crippen LogP contribution in [0.2, 0.25) is 5.02 Å². The van der Waals surface area contributed by atoms with Crippen LogP contribution in [-0.2, 0) is 20.9 Å². The van der Waals surface area contributed by atoms with Crippen molar-refractivity contribution in [3.8, 4) is 0 Å². The van der Waals surface area contributed by atoms with Crippen LogP contribution in [0.4, 0.5) is 11.4 Å². The van der Waals surface area contributed by atoms with Crippen molar-refractivity contribution in [2.75, 3.05) is 11.5 Å². The van der Waals surface area contributed by atoms with Gasteiger partial charge < -0.3 is 9.64 Å². The van der Waals surface area contributed by atoms with Crippen molar-refractivity contribution in [1.82, 2.24) is 4.90 Å². The molecule has 12 heteroatoms. The number of carbonyl (C=O) groups is 4. The van der Waals surface area contributed by atoms with Crippen LogP contribution in [0.3, 0.4) is 0 Å². The fourth-order valence-corrected chi connectivity index (χ4v) is 4.83. The van der Waals surface area contributed by atoms with Crippen LogP contribution >= 0.6 is 22.9 Å². The van der Waals surface area contributed by atoms with Gasteiger partial charge in [-0.15, -0.1) is 11.3 Å². The lowest BCUT2D eigenvalue weighted by atomic mass is 10.1. The van der Waals surface area contributed by atoms with Crippen molar-refractivity contribution in [1.29, 1.82) is 0 Å². The molecule has 190 valence electrons. The number of halogens is 1. The molecule has 1 unspecified atom stereocenters. The number of hydrogen-bond acceptors (Lipinski definition) is 8. The van der Waals surface area contributed by atoms with Crippen LogP contribution in [0.25, 0.3) is 0 Å². The highest BCUT2D eigenvalue weighted by molar-refractivity contribution is 7.09. The first-order chi connectivity index (χ1) is 17.7. The van der Waals surface area contributed by atoms with Crippen molar-refractivity contribution >= 4 is 58.0 Å². The van der Waals surface area contributed by atoms with Crippen molar-refractivity contribution in [3.63, 3.8) is 0 Å². The summed E-state index contributed by atoms with van der Waals surface area (Å²) in [6.07, 6.45) is -0.273. The van der Waals surface area contributed by atoms with Gasteiger partial charge in [0.1, 0.15) is 11.1 Å². The van der Waals surface area contributed by atoms with Crippen molar-refractivity contribution in [2.45, 2.75) is 25.9 Å². The number of ether oxygens (including phenoxy) is 1. The Morgan fingerprint density at radius 1 is 1.16 bits per heavy atom. The molecule has 0 bridgehead atoms. The maximum atomic E-state index is 13.6. The molecule has 2 heterocycles. The molecule has 4 rings (SSSR count). The summed E-state index contributed by atoms with van der Waals surface area (Å²) in [5.74, 6) is -2.33. The number of amides is 3. The summed E-state index contributed by atoms with van der Waals surface area (Å²) in [5, 5.41) is 13.0. The molecule has 1 fully saturated rings. The molecule has 0 spiro atoms. The molecule has 0 N–H and O–H groups in total. The zero-order valence-electron chi connectivity index (χ0n) is 19.5. The van der Waals surface area contributed by atoms with Crippen molar-refractivity contribution < 1.29 is 28.8 Å². The zero-order chi connectivity index (χ0) is 26.7. The first-order valence-corrected chi connectivity index (χ1v) is 12.4. The molecule has 1 aliphatic rings. The van der Waals surface area contributed by atoms with Gasteiger partial charge in [0.2, 0.25) is 5.91 Å². The Hall–Kier alpha value is -4.09. The van der Waals surface area contributed by atoms with E-state index in [1.54, 1.807) is 19.1 Å². The van der Waals surface area contributed by atoms with E-state index in [0.29, 0.717) is 0 Å². The van der Waals surface area contributed by atoms with Gasteiger partial charge in [0.15, 0.2) is 0 Å². The number of rotatable bonds is 8. The average Bonchev–Trinajstić information content (AvgIpc) is 3.49. The fraction of sp³-hybridized carbons (Fsp3) is 0.200. The third kappa shape index (κ3) is 5.37. The Morgan fingerprint density at radius 3 is 2.49 bits per heavy atom. The summed E-state index contributed by atoms with van der Waals surface area (Å²) in [4.78, 5) is 65.5. The number of nitro groups is 1. The second kappa shape index (κ2) is 10.9. The number of nitrogens with zero attached hydrogens (tertiary/aromatic N) is 3. The standard InChI is InChI=1S/C25H20ClN3O7S/c1-2-36-25(33)15-5-8-17(9-6-15)28-22(30)13-21(24(28)32)27(14-18-4-3-11-37-18)23(31)16-7-10-19(26)20(12-16)29(34)35/h3-12,21H,2,13-14H2,1H3. The van der Waals surface area contributed by atoms with Gasteiger partial charge in [-0.1, -0.05) is 17.7 Å². The van der Waals surface area contributed by atoms with Crippen LogP contribution in [0.1, 0.15) is 38.9 Å². The number of anilines is 1. The number of benzene rings is 2. The topological polar surface area (TPSA) is 127 Å². The minimum absolute atomic E-state index is 0.0201. The molecule has 10 nitrogen and oxygen atoms in total. The quantitative estimate of drug-likeness (QED) is 0.178. The minimum Gasteiger partial charge on any atom is -0.462 e. The average molecular weight is 542 g/mol. The van der Waals surface area contributed by atoms with Gasteiger partial charge in [-0.3, -0.25) is 24.5 Å². The number of esters is 1. The van der Waals surface area contributed by atoms with E-state index >= 15 is 0 Å². The minimum atomic E-state index is -1.14. The molecule has 2 aromatic carbocycles. The van der Waals surface area contributed by atoms with Crippen LogP contribution < -0.4 is 4.90 Å². The molecule has 1 aromatic heterocycles. The van der Waals surface area contributed by atoms with Crippen molar-refractivity contribution in [3.05, 3.63) is 91.1 Å². The van der Waals surface area contributed by atoms with Crippen LogP contribution in [-0.4, -0.2) is 46.2 Å². The van der Waals surface area contributed by atoms with Crippen molar-refractivity contribution in [2.24, 2.45) is 0 Å². The number of carbonyl (C=O) groups excluding carboxylic acids is 4. The first kappa shape index (κ1) is 26.0. The lowest BCUT2D eigenvalue weighted by molar-refractivity contribution is -0.384. The summed E-state index contributed by atoms with van der Waals surface area (Å²) >= 11 is 7.26. The molecule has 0 saturated carbocycles. The molecule has 1 aliphatic heterocycles. The Balaban J connectivity index is 1.65. The second-order valence-electron chi connectivity index (χ2n) is 7.99. The highest BCUT2D eigenvalue weighted by Crippen LogP contribution is 2.31. The van der Waals surface area contributed by atoms with Gasteiger partial charge >= 0.3 is 5.97 Å². The Kier molecular flexibility index (Phi) is 7.65. The second-order valence-corrected chi connectivity index (χ2v) is 9.43. The Bertz CT molecular complexity index is 1380. The lowest BCUT2D eigenvalue weighted by Crippen LogP contribution is -2.45. The molecular weight excluding hydrogens is 522 g/mol. The molecule has 1 atom stereocenters. The van der Waals surface area contributed by atoms with E-state index in [1.807, 2.05) is 5.38 Å². The normalized spacial score (nSPS) is 15.1. The van der Waals surface area contributed by atoms with E-state index in [0.717, 1.165) is 15.8 Å². The fourth-order valence-electron chi connectivity index (χ4n) is 3.94. The molecule has 1 saturated heterocycles. The van der Waals surface area contributed by atoms with Gasteiger partial charge in [0.25, 0.3) is 17.5 Å². The molecule has 0 aliphatic carbocycles. The maximum absolute atomic E-state index is 13.6. The molecule has 3 amide bonds. The van der Waals surface area contributed by atoms with Crippen LogP contribution in [0.5, 0.6) is 0 Å². The van der Waals surface area contributed by atoms with E-state index in [9.17, 15) is 29.3 Å². The van der Waals surface area contributed by atoms with E-state index < -0.39 is 40.3 Å². The van der Waals surface area contributed by atoms with Crippen LogP contribution in [0, 0.1) is 10.1 Å². The zero-order valence-corrected chi connectivity index (χ0v) is 21.0. The predicted molar refractivity (Wildman–Crippen MR) is 136 cm³/mol. The van der Waals surface area contributed by atoms with Gasteiger partial charge in [0, 0.05) is 16.5 Å². The summed E-state index contributed by atoms with van der Waals surface area (Å²) < 4.78 is 4.95. The van der Waals surface area contributed by atoms with E-state index in [1.165, 1.54) is 52.6 Å². The van der Waals surface area contributed by atoms with Crippen LogP contribution in [0.15, 0.2) is 60.0 Å². The lowest BCUT2D eigenvalue weighted by Gasteiger charge is -2.27. The number of imide groups is 1. The van der Waals surface area contributed by atoms with E-state index in [-0.39, 0.29) is 41.4 Å². The molecular formula is C25H20ClN3O7S. The molecule has 3 aromatic rings. The summed E-state index contributed by atoms with van der Waals surface area (Å²) in [7, 11) is 0. The number of nitro benzene ring substituents is 1. The van der Waals surface area contributed by atoms with E-state index in [4.69, 9.17) is 16.3 Å². The van der Waals surface area contributed by atoms with E-state index in [2.05, 4.69) is 0 Å². The Morgan fingerprint density at radius 2 is 1.86 bits per heavy atom. The summed E-state index contributed by atoms with van der Waals surface area (Å²) in [6, 6.07) is 11.9. The van der Waals surface area contributed by atoms with Gasteiger partial charge in [-0.25, -0.2) is 9.69 Å². The first-order valence-electron chi connectivity index (χ1n) is 11.1. The molecule has 37 heavy (non-hydrogen) atoms. The molecule has 0 radical (unpaired) electrons. The SMILES string of the molecule is CCOC(=O)c1ccc(N2C(=O)CC(N(Cc3cccs3)C(=O)c3ccc(Cl)c([N+](=O)[O-])c3)C2=O)cc1. The van der Waals surface area contributed by atoms with Gasteiger partial charge in [0.05, 0.1) is 35.7 Å². The summed E-state index contributed by atoms with van der Waals surface area (Å²) in [6.45, 7) is 1.90. The maximum Gasteiger partial charge on any atom is 0.338 e. The number of hydrogen-bond donors (Lipinski definition) is 0. The highest BCUT2D eigenvalue weighted by atomic mass is 35.5. The van der Waals surface area contributed by atoms with Gasteiger partial charge in [-0.2, -0.15) is 0 Å². The third-order valence-corrected chi connectivity index (χ3v) is 6.87. The van der Waals surface area contributed by atoms with Gasteiger partial charge in [-0.05, 0) is 54.8 Å². The number of thiophene rings is 1. The summed E-state index contributed by atoms with van der Waals surface area (Å²) in [5.41, 5.74) is 0.0298. The monoisotopic (exact) mass is 541 g/mol. The smallest absolute Gasteiger partial charge is 0.338 e. The Labute approximate surface area is 220 Å². The largest absolute Gasteiger partial charge is 0.462 e. The third-order valence-electron chi connectivity index (χ3n) is 5.69. The predicted octanol–water partition coefficient (Wildman–Crippen LogP) is 4.46. The highest BCUT2D eigenvalue weighted by Gasteiger charge is 2.44.